The first-order valence-corrected chi connectivity index (χ1v) is 6.76. The topological polar surface area (TPSA) is 35.9 Å². The number of amidine groups is 1. The van der Waals surface area contributed by atoms with Crippen molar-refractivity contribution in [3.8, 4) is 0 Å². The Morgan fingerprint density at radius 3 is 2.50 bits per heavy atom. The monoisotopic (exact) mass is 251 g/mol. The number of hydrogen-bond acceptors (Lipinski definition) is 2. The van der Waals surface area contributed by atoms with Crippen LogP contribution in [0.3, 0.4) is 0 Å². The maximum absolute atomic E-state index is 11.6. The summed E-state index contributed by atoms with van der Waals surface area (Å²) in [6.45, 7) is 7.70. The second-order valence-electron chi connectivity index (χ2n) is 4.63. The van der Waals surface area contributed by atoms with Crippen molar-refractivity contribution in [3.63, 3.8) is 0 Å². The largest absolute Gasteiger partial charge is 0.343 e. The Morgan fingerprint density at radius 1 is 1.44 bits per heavy atom. The zero-order chi connectivity index (χ0) is 13.5. The van der Waals surface area contributed by atoms with Crippen LogP contribution in [0.2, 0.25) is 0 Å². The fourth-order valence-corrected chi connectivity index (χ4v) is 2.39. The summed E-state index contributed by atoms with van der Waals surface area (Å²) in [6.07, 6.45) is 6.77. The number of amides is 1. The van der Waals surface area contributed by atoms with Gasteiger partial charge in [-0.25, -0.2) is 0 Å². The first kappa shape index (κ1) is 14.7. The van der Waals surface area contributed by atoms with Crippen LogP contribution in [0.4, 0.5) is 0 Å². The Balaban J connectivity index is 2.62. The third-order valence-electron chi connectivity index (χ3n) is 3.52. The molecule has 102 valence electrons. The van der Waals surface area contributed by atoms with Crippen molar-refractivity contribution >= 4 is 11.7 Å². The molecule has 0 aromatic carbocycles. The van der Waals surface area contributed by atoms with Crippen molar-refractivity contribution in [1.82, 2.24) is 9.80 Å². The Kier molecular flexibility index (Phi) is 5.89. The second kappa shape index (κ2) is 7.19. The smallest absolute Gasteiger partial charge is 0.222 e. The molecule has 18 heavy (non-hydrogen) atoms. The SMILES string of the molecule is CC=CN(C(C)=NC)C1CCN(C(=O)CC)CC1. The number of rotatable bonds is 3. The number of nitrogens with zero attached hydrogens (tertiary/aromatic N) is 3. The molecule has 1 rings (SSSR count). The van der Waals surface area contributed by atoms with Gasteiger partial charge in [-0.15, -0.1) is 0 Å². The van der Waals surface area contributed by atoms with Gasteiger partial charge >= 0.3 is 0 Å². The van der Waals surface area contributed by atoms with E-state index in [9.17, 15) is 4.79 Å². The quantitative estimate of drug-likeness (QED) is 0.570. The van der Waals surface area contributed by atoms with Gasteiger partial charge in [0.05, 0.1) is 5.84 Å². The predicted octanol–water partition coefficient (Wildman–Crippen LogP) is 2.27. The van der Waals surface area contributed by atoms with Crippen LogP contribution >= 0.6 is 0 Å². The summed E-state index contributed by atoms with van der Waals surface area (Å²) < 4.78 is 0. The number of likely N-dealkylation sites (tertiary alicyclic amines) is 1. The van der Waals surface area contributed by atoms with Gasteiger partial charge in [0.2, 0.25) is 5.91 Å². The van der Waals surface area contributed by atoms with Crippen molar-refractivity contribution in [2.24, 2.45) is 4.99 Å². The van der Waals surface area contributed by atoms with Crippen molar-refractivity contribution in [2.45, 2.75) is 46.1 Å². The molecule has 0 N–H and O–H groups in total. The van der Waals surface area contributed by atoms with Crippen LogP contribution in [0.15, 0.2) is 17.3 Å². The molecule has 0 bridgehead atoms. The molecule has 0 unspecified atom stereocenters. The summed E-state index contributed by atoms with van der Waals surface area (Å²) >= 11 is 0. The molecular weight excluding hydrogens is 226 g/mol. The van der Waals surface area contributed by atoms with Crippen molar-refractivity contribution in [1.29, 1.82) is 0 Å². The van der Waals surface area contributed by atoms with Gasteiger partial charge in [0, 0.05) is 38.8 Å². The van der Waals surface area contributed by atoms with Gasteiger partial charge in [0.25, 0.3) is 0 Å². The zero-order valence-corrected chi connectivity index (χ0v) is 12.0. The maximum atomic E-state index is 11.6. The van der Waals surface area contributed by atoms with Gasteiger partial charge in [-0.05, 0) is 26.7 Å². The molecule has 1 fully saturated rings. The van der Waals surface area contributed by atoms with Gasteiger partial charge in [-0.1, -0.05) is 13.0 Å². The normalized spacial score (nSPS) is 18.4. The number of allylic oxidation sites excluding steroid dienone is 1. The number of piperidine rings is 1. The van der Waals surface area contributed by atoms with E-state index in [1.165, 1.54) is 0 Å². The molecule has 0 spiro atoms. The van der Waals surface area contributed by atoms with Crippen LogP contribution < -0.4 is 0 Å². The van der Waals surface area contributed by atoms with Gasteiger partial charge in [-0.3, -0.25) is 9.79 Å². The molecule has 1 heterocycles. The van der Waals surface area contributed by atoms with E-state index in [-0.39, 0.29) is 5.91 Å². The minimum atomic E-state index is 0.270. The molecule has 4 heteroatoms. The molecule has 1 aliphatic rings. The van der Waals surface area contributed by atoms with E-state index in [0.717, 1.165) is 31.8 Å². The Hall–Kier alpha value is -1.32. The standard InChI is InChI=1S/C14H25N3O/c1-5-9-17(12(3)15-4)13-7-10-16(11-8-13)14(18)6-2/h5,9,13H,6-8,10-11H2,1-4H3. The van der Waals surface area contributed by atoms with Crippen LogP contribution in [-0.2, 0) is 4.79 Å². The average Bonchev–Trinajstić information content (AvgIpc) is 2.43. The Labute approximate surface area is 110 Å². The molecule has 1 saturated heterocycles. The minimum Gasteiger partial charge on any atom is -0.343 e. The highest BCUT2D eigenvalue weighted by Gasteiger charge is 2.25. The van der Waals surface area contributed by atoms with Crippen LogP contribution in [0.5, 0.6) is 0 Å². The molecule has 0 saturated carbocycles. The van der Waals surface area contributed by atoms with Gasteiger partial charge < -0.3 is 9.80 Å². The first-order valence-electron chi connectivity index (χ1n) is 6.76. The van der Waals surface area contributed by atoms with Crippen LogP contribution in [0.25, 0.3) is 0 Å². The molecule has 0 aromatic heterocycles. The minimum absolute atomic E-state index is 0.270. The summed E-state index contributed by atoms with van der Waals surface area (Å²) in [4.78, 5) is 20.1. The number of carbonyl (C=O) groups is 1. The van der Waals surface area contributed by atoms with Crippen molar-refractivity contribution in [2.75, 3.05) is 20.1 Å². The number of aliphatic imine (C=N–C) groups is 1. The van der Waals surface area contributed by atoms with Crippen LogP contribution in [0, 0.1) is 0 Å². The van der Waals surface area contributed by atoms with E-state index >= 15 is 0 Å². The maximum Gasteiger partial charge on any atom is 0.222 e. The van der Waals surface area contributed by atoms with Gasteiger partial charge in [0.1, 0.15) is 0 Å². The average molecular weight is 251 g/mol. The number of carbonyl (C=O) groups excluding carboxylic acids is 1. The fraction of sp³-hybridized carbons (Fsp3) is 0.714. The van der Waals surface area contributed by atoms with E-state index in [4.69, 9.17) is 0 Å². The van der Waals surface area contributed by atoms with E-state index < -0.39 is 0 Å². The molecule has 0 atom stereocenters. The highest BCUT2D eigenvalue weighted by atomic mass is 16.2. The molecular formula is C14H25N3O. The zero-order valence-electron chi connectivity index (χ0n) is 12.0. The van der Waals surface area contributed by atoms with Crippen LogP contribution in [-0.4, -0.2) is 47.7 Å². The molecule has 4 nitrogen and oxygen atoms in total. The summed E-state index contributed by atoms with van der Waals surface area (Å²) in [5.74, 6) is 1.31. The van der Waals surface area contributed by atoms with E-state index in [1.54, 1.807) is 0 Å². The van der Waals surface area contributed by atoms with Crippen LogP contribution in [0.1, 0.15) is 40.0 Å². The predicted molar refractivity (Wildman–Crippen MR) is 75.6 cm³/mol. The summed E-state index contributed by atoms with van der Waals surface area (Å²) in [7, 11) is 1.82. The first-order chi connectivity index (χ1) is 8.63. The lowest BCUT2D eigenvalue weighted by Gasteiger charge is -2.37. The fourth-order valence-electron chi connectivity index (χ4n) is 2.39. The molecule has 0 aliphatic carbocycles. The van der Waals surface area contributed by atoms with E-state index in [2.05, 4.69) is 16.1 Å². The summed E-state index contributed by atoms with van der Waals surface area (Å²) in [5, 5.41) is 0. The highest BCUT2D eigenvalue weighted by molar-refractivity contribution is 5.81. The van der Waals surface area contributed by atoms with Crippen molar-refractivity contribution in [3.05, 3.63) is 12.3 Å². The number of hydrogen-bond donors (Lipinski definition) is 0. The third-order valence-corrected chi connectivity index (χ3v) is 3.52. The summed E-state index contributed by atoms with van der Waals surface area (Å²) in [6, 6.07) is 0.464. The van der Waals surface area contributed by atoms with Gasteiger partial charge in [0.15, 0.2) is 0 Å². The molecule has 1 aliphatic heterocycles. The third kappa shape index (κ3) is 3.59. The Bertz CT molecular complexity index is 328. The van der Waals surface area contributed by atoms with Gasteiger partial charge in [-0.2, -0.15) is 0 Å². The Morgan fingerprint density at radius 2 is 2.06 bits per heavy atom. The van der Waals surface area contributed by atoms with E-state index in [1.807, 2.05) is 38.8 Å². The summed E-state index contributed by atoms with van der Waals surface area (Å²) in [5.41, 5.74) is 0. The lowest BCUT2D eigenvalue weighted by Crippen LogP contribution is -2.46. The van der Waals surface area contributed by atoms with Crippen molar-refractivity contribution < 1.29 is 4.79 Å². The highest BCUT2D eigenvalue weighted by Crippen LogP contribution is 2.18. The molecule has 1 amide bonds. The van der Waals surface area contributed by atoms with E-state index in [0.29, 0.717) is 12.5 Å². The molecule has 0 radical (unpaired) electrons. The molecule has 0 aromatic rings. The second-order valence-corrected chi connectivity index (χ2v) is 4.63. The lowest BCUT2D eigenvalue weighted by atomic mass is 10.0. The lowest BCUT2D eigenvalue weighted by molar-refractivity contribution is -0.132.